The molecule has 0 radical (unpaired) electrons. The predicted molar refractivity (Wildman–Crippen MR) is 59.6 cm³/mol. The number of nitrogens with zero attached hydrogens (tertiary/aromatic N) is 1. The molecule has 2 saturated heterocycles. The molecule has 0 aromatic rings. The first kappa shape index (κ1) is 11.4. The fourth-order valence-corrected chi connectivity index (χ4v) is 2.55. The van der Waals surface area contributed by atoms with Crippen molar-refractivity contribution in [3.63, 3.8) is 0 Å². The van der Waals surface area contributed by atoms with Crippen LogP contribution in [0.25, 0.3) is 0 Å². The molecule has 0 spiro atoms. The summed E-state index contributed by atoms with van der Waals surface area (Å²) in [4.78, 5) is 2.41. The Bertz CT molecular complexity index is 228. The lowest BCUT2D eigenvalue weighted by Crippen LogP contribution is -2.47. The van der Waals surface area contributed by atoms with Gasteiger partial charge in [0.1, 0.15) is 5.72 Å². The van der Waals surface area contributed by atoms with Crippen molar-refractivity contribution < 1.29 is 9.84 Å². The molecule has 1 N–H and O–H groups in total. The van der Waals surface area contributed by atoms with E-state index in [2.05, 4.69) is 18.7 Å². The number of aliphatic hydroxyl groups is 1. The van der Waals surface area contributed by atoms with Gasteiger partial charge >= 0.3 is 0 Å². The minimum absolute atomic E-state index is 0.0308. The van der Waals surface area contributed by atoms with Crippen molar-refractivity contribution in [2.45, 2.75) is 51.4 Å². The van der Waals surface area contributed by atoms with Crippen LogP contribution in [0.2, 0.25) is 0 Å². The minimum atomic E-state index is -0.475. The SMILES string of the molecule is CCC(C)(O)C1CCN(C2(C)CO2)CC1. The molecule has 0 saturated carbocycles. The van der Waals surface area contributed by atoms with E-state index >= 15 is 0 Å². The summed E-state index contributed by atoms with van der Waals surface area (Å²) in [6.07, 6.45) is 3.05. The Balaban J connectivity index is 1.87. The summed E-state index contributed by atoms with van der Waals surface area (Å²) in [6, 6.07) is 0. The summed E-state index contributed by atoms with van der Waals surface area (Å²) in [5, 5.41) is 10.2. The number of ether oxygens (including phenoxy) is 1. The fourth-order valence-electron chi connectivity index (χ4n) is 2.55. The van der Waals surface area contributed by atoms with Gasteiger partial charge in [0.25, 0.3) is 0 Å². The quantitative estimate of drug-likeness (QED) is 0.723. The number of epoxide rings is 1. The predicted octanol–water partition coefficient (Wildman–Crippen LogP) is 1.61. The van der Waals surface area contributed by atoms with Crippen LogP contribution in [-0.2, 0) is 4.74 Å². The lowest BCUT2D eigenvalue weighted by atomic mass is 9.80. The Labute approximate surface area is 92.4 Å². The Morgan fingerprint density at radius 2 is 2.00 bits per heavy atom. The second-order valence-electron chi connectivity index (χ2n) is 5.44. The average molecular weight is 213 g/mol. The number of likely N-dealkylation sites (tertiary alicyclic amines) is 1. The molecule has 0 amide bonds. The molecular formula is C12H23NO2. The zero-order valence-corrected chi connectivity index (χ0v) is 10.1. The van der Waals surface area contributed by atoms with Crippen LogP contribution < -0.4 is 0 Å². The van der Waals surface area contributed by atoms with E-state index in [1.165, 1.54) is 0 Å². The lowest BCUT2D eigenvalue weighted by molar-refractivity contribution is -0.0456. The molecular weight excluding hydrogens is 190 g/mol. The smallest absolute Gasteiger partial charge is 0.142 e. The van der Waals surface area contributed by atoms with Crippen molar-refractivity contribution in [2.75, 3.05) is 19.7 Å². The zero-order valence-electron chi connectivity index (χ0n) is 10.1. The number of rotatable bonds is 3. The summed E-state index contributed by atoms with van der Waals surface area (Å²) in [5.74, 6) is 0.459. The zero-order chi connectivity index (χ0) is 11.1. The molecule has 15 heavy (non-hydrogen) atoms. The van der Waals surface area contributed by atoms with Crippen molar-refractivity contribution in [1.29, 1.82) is 0 Å². The highest BCUT2D eigenvalue weighted by atomic mass is 16.6. The first-order chi connectivity index (χ1) is 6.98. The van der Waals surface area contributed by atoms with Crippen molar-refractivity contribution in [3.05, 3.63) is 0 Å². The maximum atomic E-state index is 10.2. The Morgan fingerprint density at radius 1 is 1.47 bits per heavy atom. The van der Waals surface area contributed by atoms with Crippen molar-refractivity contribution in [2.24, 2.45) is 5.92 Å². The maximum absolute atomic E-state index is 10.2. The van der Waals surface area contributed by atoms with Gasteiger partial charge in [-0.1, -0.05) is 6.92 Å². The second kappa shape index (κ2) is 3.72. The standard InChI is InChI=1S/C12H23NO2/c1-4-11(2,14)10-5-7-13(8-6-10)12(3)9-15-12/h10,14H,4-9H2,1-3H3. The Morgan fingerprint density at radius 3 is 2.40 bits per heavy atom. The first-order valence-electron chi connectivity index (χ1n) is 6.09. The van der Waals surface area contributed by atoms with Crippen LogP contribution in [-0.4, -0.2) is 41.0 Å². The lowest BCUT2D eigenvalue weighted by Gasteiger charge is -2.40. The molecule has 0 aromatic carbocycles. The highest BCUT2D eigenvalue weighted by molar-refractivity contribution is 4.93. The van der Waals surface area contributed by atoms with E-state index < -0.39 is 5.60 Å². The molecule has 0 aromatic heterocycles. The Kier molecular flexibility index (Phi) is 2.82. The monoisotopic (exact) mass is 213 g/mol. The van der Waals surface area contributed by atoms with Crippen LogP contribution >= 0.6 is 0 Å². The van der Waals surface area contributed by atoms with Crippen molar-refractivity contribution >= 4 is 0 Å². The van der Waals surface area contributed by atoms with Crippen molar-refractivity contribution in [3.8, 4) is 0 Å². The van der Waals surface area contributed by atoms with Gasteiger partial charge in [-0.3, -0.25) is 4.90 Å². The van der Waals surface area contributed by atoms with Gasteiger partial charge in [0.05, 0.1) is 12.2 Å². The molecule has 2 rings (SSSR count). The van der Waals surface area contributed by atoms with Gasteiger partial charge in [0.15, 0.2) is 0 Å². The van der Waals surface area contributed by atoms with E-state index in [9.17, 15) is 5.11 Å². The van der Waals surface area contributed by atoms with E-state index in [1.807, 2.05) is 6.92 Å². The summed E-state index contributed by atoms with van der Waals surface area (Å²) < 4.78 is 5.45. The van der Waals surface area contributed by atoms with Crippen LogP contribution in [0.5, 0.6) is 0 Å². The topological polar surface area (TPSA) is 36.0 Å². The van der Waals surface area contributed by atoms with Crippen molar-refractivity contribution in [1.82, 2.24) is 4.90 Å². The third kappa shape index (κ3) is 2.19. The van der Waals surface area contributed by atoms with Gasteiger partial charge in [-0.15, -0.1) is 0 Å². The third-order valence-electron chi connectivity index (χ3n) is 4.32. The fraction of sp³-hybridized carbons (Fsp3) is 1.00. The van der Waals surface area contributed by atoms with E-state index in [4.69, 9.17) is 4.74 Å². The molecule has 2 unspecified atom stereocenters. The molecule has 2 aliphatic rings. The maximum Gasteiger partial charge on any atom is 0.142 e. The molecule has 3 nitrogen and oxygen atoms in total. The molecule has 2 atom stereocenters. The largest absolute Gasteiger partial charge is 0.390 e. The minimum Gasteiger partial charge on any atom is -0.390 e. The molecule has 2 fully saturated rings. The molecule has 88 valence electrons. The Hall–Kier alpha value is -0.120. The van der Waals surface area contributed by atoms with Crippen LogP contribution in [0.3, 0.4) is 0 Å². The van der Waals surface area contributed by atoms with Gasteiger partial charge < -0.3 is 9.84 Å². The van der Waals surface area contributed by atoms with E-state index in [0.29, 0.717) is 5.92 Å². The van der Waals surface area contributed by atoms with Gasteiger partial charge in [0, 0.05) is 13.1 Å². The van der Waals surface area contributed by atoms with E-state index in [1.54, 1.807) is 0 Å². The molecule has 0 aliphatic carbocycles. The number of hydrogen-bond acceptors (Lipinski definition) is 3. The molecule has 0 bridgehead atoms. The van der Waals surface area contributed by atoms with Gasteiger partial charge in [-0.05, 0) is 39.0 Å². The number of piperidine rings is 1. The van der Waals surface area contributed by atoms with E-state index in [-0.39, 0.29) is 5.72 Å². The highest BCUT2D eigenvalue weighted by Gasteiger charge is 2.47. The van der Waals surface area contributed by atoms with Gasteiger partial charge in [0.2, 0.25) is 0 Å². The van der Waals surface area contributed by atoms with Crippen LogP contribution in [0.15, 0.2) is 0 Å². The van der Waals surface area contributed by atoms with E-state index in [0.717, 1.165) is 39.0 Å². The van der Waals surface area contributed by atoms with Gasteiger partial charge in [-0.2, -0.15) is 0 Å². The highest BCUT2D eigenvalue weighted by Crippen LogP contribution is 2.37. The van der Waals surface area contributed by atoms with Crippen LogP contribution in [0.1, 0.15) is 40.0 Å². The summed E-state index contributed by atoms with van der Waals surface area (Å²) in [7, 11) is 0. The summed E-state index contributed by atoms with van der Waals surface area (Å²) in [6.45, 7) is 9.21. The number of hydrogen-bond donors (Lipinski definition) is 1. The third-order valence-corrected chi connectivity index (χ3v) is 4.32. The molecule has 3 heteroatoms. The van der Waals surface area contributed by atoms with Gasteiger partial charge in [-0.25, -0.2) is 0 Å². The van der Waals surface area contributed by atoms with Crippen LogP contribution in [0.4, 0.5) is 0 Å². The second-order valence-corrected chi connectivity index (χ2v) is 5.44. The normalized spacial score (nSPS) is 37.6. The summed E-state index contributed by atoms with van der Waals surface area (Å²) >= 11 is 0. The molecule has 2 aliphatic heterocycles. The van der Waals surface area contributed by atoms with Crippen LogP contribution in [0, 0.1) is 5.92 Å². The summed E-state index contributed by atoms with van der Waals surface area (Å²) in [5.41, 5.74) is -0.444. The average Bonchev–Trinajstić information content (AvgIpc) is 2.98. The molecule has 2 heterocycles. The first-order valence-corrected chi connectivity index (χ1v) is 6.09.